The van der Waals surface area contributed by atoms with Gasteiger partial charge in [0, 0.05) is 0 Å². The molecule has 0 aliphatic carbocycles. The van der Waals surface area contributed by atoms with E-state index in [4.69, 9.17) is 0 Å². The summed E-state index contributed by atoms with van der Waals surface area (Å²) >= 11 is 0. The fourth-order valence-corrected chi connectivity index (χ4v) is 4.56. The molecule has 3 rings (SSSR count). The highest BCUT2D eigenvalue weighted by Crippen LogP contribution is 2.45. The van der Waals surface area contributed by atoms with Crippen molar-refractivity contribution in [3.8, 4) is 22.3 Å². The molecule has 0 unspecified atom stereocenters. The van der Waals surface area contributed by atoms with Gasteiger partial charge in [0.2, 0.25) is 0 Å². The van der Waals surface area contributed by atoms with Gasteiger partial charge in [-0.3, -0.25) is 0 Å². The number of benzene rings is 3. The van der Waals surface area contributed by atoms with Crippen LogP contribution < -0.4 is 0 Å². The Morgan fingerprint density at radius 2 is 1.09 bits per heavy atom. The zero-order valence-corrected chi connectivity index (χ0v) is 19.9. The fourth-order valence-electron chi connectivity index (χ4n) is 4.56. The Morgan fingerprint density at radius 3 is 1.52 bits per heavy atom. The summed E-state index contributed by atoms with van der Waals surface area (Å²) in [5, 5.41) is 0. The zero-order chi connectivity index (χ0) is 23.8. The van der Waals surface area contributed by atoms with Gasteiger partial charge in [-0.25, -0.2) is 0 Å². The van der Waals surface area contributed by atoms with Crippen LogP contribution in [0.25, 0.3) is 33.4 Å². The van der Waals surface area contributed by atoms with Crippen LogP contribution in [0.2, 0.25) is 0 Å². The summed E-state index contributed by atoms with van der Waals surface area (Å²) in [4.78, 5) is 0. The van der Waals surface area contributed by atoms with Crippen LogP contribution in [0, 0.1) is 13.8 Å². The first kappa shape index (κ1) is 23.8. The first-order valence-electron chi connectivity index (χ1n) is 11.3. The topological polar surface area (TPSA) is 0 Å². The minimum absolute atomic E-state index is 1.06. The van der Waals surface area contributed by atoms with Gasteiger partial charge in [0.15, 0.2) is 0 Å². The number of rotatable bonds is 8. The fraction of sp³-hybridized carbons (Fsp3) is 0.0909. The molecule has 3 aromatic carbocycles. The average Bonchev–Trinajstić information content (AvgIpc) is 2.84. The van der Waals surface area contributed by atoms with Gasteiger partial charge in [-0.05, 0) is 76.4 Å². The number of hydrogen-bond donors (Lipinski definition) is 0. The lowest BCUT2D eigenvalue weighted by molar-refractivity contribution is 1.33. The van der Waals surface area contributed by atoms with Crippen LogP contribution in [0.3, 0.4) is 0 Å². The number of hydrogen-bond acceptors (Lipinski definition) is 0. The quantitative estimate of drug-likeness (QED) is 0.313. The monoisotopic (exact) mass is 428 g/mol. The van der Waals surface area contributed by atoms with Crippen LogP contribution in [0.1, 0.15) is 29.2 Å². The Kier molecular flexibility index (Phi) is 8.00. The van der Waals surface area contributed by atoms with Gasteiger partial charge in [0.05, 0.1) is 0 Å². The summed E-state index contributed by atoms with van der Waals surface area (Å²) in [7, 11) is 0. The van der Waals surface area contributed by atoms with Crippen LogP contribution >= 0.6 is 0 Å². The van der Waals surface area contributed by atoms with Crippen molar-refractivity contribution in [1.29, 1.82) is 0 Å². The second kappa shape index (κ2) is 11.1. The molecule has 0 nitrogen and oxygen atoms in total. The molecule has 0 aliphatic heterocycles. The third-order valence-corrected chi connectivity index (χ3v) is 5.86. The molecule has 0 saturated heterocycles. The van der Waals surface area contributed by atoms with Crippen molar-refractivity contribution in [2.45, 2.75) is 20.8 Å². The molecule has 0 atom stereocenters. The molecule has 3 aromatic rings. The van der Waals surface area contributed by atoms with Gasteiger partial charge >= 0.3 is 0 Å². The summed E-state index contributed by atoms with van der Waals surface area (Å²) in [5.74, 6) is 0. The van der Waals surface area contributed by atoms with Gasteiger partial charge in [-0.2, -0.15) is 0 Å². The summed E-state index contributed by atoms with van der Waals surface area (Å²) < 4.78 is 0. The molecule has 0 aliphatic rings. The molecule has 33 heavy (non-hydrogen) atoms. The summed E-state index contributed by atoms with van der Waals surface area (Å²) in [6.07, 6.45) is 14.0. The molecule has 0 aromatic heterocycles. The lowest BCUT2D eigenvalue weighted by Gasteiger charge is -2.26. The molecule has 0 heteroatoms. The normalized spacial score (nSPS) is 12.1. The largest absolute Gasteiger partial charge is 0.0990 e. The minimum atomic E-state index is 1.06. The van der Waals surface area contributed by atoms with E-state index in [1.807, 2.05) is 31.2 Å². The second-order valence-electron chi connectivity index (χ2n) is 7.90. The van der Waals surface area contributed by atoms with Crippen molar-refractivity contribution in [2.75, 3.05) is 0 Å². The lowest BCUT2D eigenvalue weighted by atomic mass is 9.77. The van der Waals surface area contributed by atoms with Crippen LogP contribution in [0.15, 0.2) is 123 Å². The molecule has 0 N–H and O–H groups in total. The predicted octanol–water partition coefficient (Wildman–Crippen LogP) is 9.54. The molecule has 164 valence electrons. The Hall–Kier alpha value is -3.90. The summed E-state index contributed by atoms with van der Waals surface area (Å²) in [5.41, 5.74) is 11.9. The van der Waals surface area contributed by atoms with Gasteiger partial charge in [0.1, 0.15) is 0 Å². The van der Waals surface area contributed by atoms with Gasteiger partial charge < -0.3 is 0 Å². The molecular formula is C33H32. The summed E-state index contributed by atoms with van der Waals surface area (Å²) in [6.45, 7) is 18.5. The third kappa shape index (κ3) is 4.81. The molecule has 0 heterocycles. The maximum Gasteiger partial charge on any atom is -0.00668 e. The van der Waals surface area contributed by atoms with E-state index in [-0.39, 0.29) is 0 Å². The standard InChI is InChI=1S/C33H32/c1-7-17-26(10-4)30-24(5)31(27(18-8-2)19-9-3)33(29-22-15-12-16-23-29)25(6)32(30)28-20-13-11-14-21-28/h7-23H,1-2,4H2,3,5-6H3/b19-9-,26-17+,27-18+. The third-order valence-electron chi connectivity index (χ3n) is 5.86. The molecule has 0 amide bonds. The Labute approximate surface area is 199 Å². The van der Waals surface area contributed by atoms with Crippen LogP contribution in [-0.2, 0) is 0 Å². The van der Waals surface area contributed by atoms with Gasteiger partial charge in [0.25, 0.3) is 0 Å². The lowest BCUT2D eigenvalue weighted by Crippen LogP contribution is -2.04. The molecular weight excluding hydrogens is 396 g/mol. The molecule has 0 fully saturated rings. The highest BCUT2D eigenvalue weighted by molar-refractivity contribution is 5.99. The van der Waals surface area contributed by atoms with E-state index in [1.54, 1.807) is 0 Å². The Balaban J connectivity index is 2.63. The Bertz CT molecular complexity index is 1250. The predicted molar refractivity (Wildman–Crippen MR) is 148 cm³/mol. The molecule has 0 bridgehead atoms. The molecule has 0 spiro atoms. The van der Waals surface area contributed by atoms with Crippen LogP contribution in [0.4, 0.5) is 0 Å². The van der Waals surface area contributed by atoms with Crippen molar-refractivity contribution in [2.24, 2.45) is 0 Å². The van der Waals surface area contributed by atoms with E-state index in [2.05, 4.69) is 112 Å². The molecule has 0 saturated carbocycles. The Morgan fingerprint density at radius 1 is 0.636 bits per heavy atom. The second-order valence-corrected chi connectivity index (χ2v) is 7.90. The van der Waals surface area contributed by atoms with E-state index < -0.39 is 0 Å². The zero-order valence-electron chi connectivity index (χ0n) is 19.9. The smallest absolute Gasteiger partial charge is 0.00668 e. The van der Waals surface area contributed by atoms with E-state index in [1.165, 1.54) is 44.5 Å². The van der Waals surface area contributed by atoms with Crippen LogP contribution in [0.5, 0.6) is 0 Å². The maximum atomic E-state index is 4.13. The highest BCUT2D eigenvalue weighted by atomic mass is 14.3. The maximum absolute atomic E-state index is 4.13. The first-order chi connectivity index (χ1) is 16.1. The minimum Gasteiger partial charge on any atom is -0.0990 e. The van der Waals surface area contributed by atoms with Gasteiger partial charge in [-0.1, -0.05) is 123 Å². The number of allylic oxidation sites excluding steroid dienone is 9. The van der Waals surface area contributed by atoms with E-state index in [0.29, 0.717) is 0 Å². The van der Waals surface area contributed by atoms with Gasteiger partial charge in [-0.15, -0.1) is 0 Å². The van der Waals surface area contributed by atoms with Crippen molar-refractivity contribution < 1.29 is 0 Å². The van der Waals surface area contributed by atoms with E-state index >= 15 is 0 Å². The van der Waals surface area contributed by atoms with Crippen molar-refractivity contribution in [1.82, 2.24) is 0 Å². The first-order valence-corrected chi connectivity index (χ1v) is 11.3. The summed E-state index contributed by atoms with van der Waals surface area (Å²) in [6, 6.07) is 21.3. The van der Waals surface area contributed by atoms with Crippen LogP contribution in [-0.4, -0.2) is 0 Å². The molecule has 0 radical (unpaired) electrons. The van der Waals surface area contributed by atoms with Crippen molar-refractivity contribution >= 4 is 11.1 Å². The van der Waals surface area contributed by atoms with Crippen molar-refractivity contribution in [3.05, 3.63) is 145 Å². The van der Waals surface area contributed by atoms with E-state index in [0.717, 1.165) is 11.1 Å². The average molecular weight is 429 g/mol. The van der Waals surface area contributed by atoms with E-state index in [9.17, 15) is 0 Å². The SMILES string of the molecule is C=C/C=C(\C=C)c1c(C)c(C(/C=C\C)=C/C=C)c(-c2ccccc2)c(C)c1-c1ccccc1. The highest BCUT2D eigenvalue weighted by Gasteiger charge is 2.23. The van der Waals surface area contributed by atoms with Crippen molar-refractivity contribution in [3.63, 3.8) is 0 Å².